The Morgan fingerprint density at radius 1 is 1.07 bits per heavy atom. The molecule has 0 amide bonds. The molecule has 2 aliphatic heterocycles. The number of hydrogen-bond donors (Lipinski definition) is 0. The van der Waals surface area contributed by atoms with Gasteiger partial charge in [-0.05, 0) is 78.9 Å². The van der Waals surface area contributed by atoms with Crippen molar-refractivity contribution in [2.75, 3.05) is 13.7 Å². The number of thiophene rings is 1. The van der Waals surface area contributed by atoms with E-state index >= 15 is 0 Å². The molecule has 1 fully saturated rings. The van der Waals surface area contributed by atoms with Gasteiger partial charge in [0.1, 0.15) is 11.8 Å². The number of fused-ring (bicyclic) bond motifs is 1. The van der Waals surface area contributed by atoms with Crippen LogP contribution in [0.4, 0.5) is 17.6 Å². The summed E-state index contributed by atoms with van der Waals surface area (Å²) in [6.45, 7) is 2.42. The Labute approximate surface area is 231 Å². The van der Waals surface area contributed by atoms with Crippen LogP contribution in [0, 0.1) is 29.5 Å². The molecule has 2 atom stereocenters. The third kappa shape index (κ3) is 4.74. The molecule has 1 saturated heterocycles. The van der Waals surface area contributed by atoms with E-state index in [1.165, 1.54) is 6.07 Å². The fraction of sp³-hybridized carbons (Fsp3) is 0.241. The number of hydrogen-bond acceptors (Lipinski definition) is 6. The van der Waals surface area contributed by atoms with Gasteiger partial charge < -0.3 is 19.0 Å². The number of ether oxygens (including phenoxy) is 1. The Kier molecular flexibility index (Phi) is 6.83. The molecule has 0 bridgehead atoms. The average molecular weight is 569 g/mol. The van der Waals surface area contributed by atoms with Crippen molar-refractivity contribution in [2.24, 2.45) is 5.16 Å². The van der Waals surface area contributed by atoms with Gasteiger partial charge in [0.2, 0.25) is 0 Å². The summed E-state index contributed by atoms with van der Waals surface area (Å²) in [5.74, 6) is -3.00. The zero-order chi connectivity index (χ0) is 28.0. The SMILES string of the molecule is COc1cc(C=C2CCCN3C2=NOC(c2ccc(F)s2)[C@@H]3c2cc(F)c(F)c(F)c2)ccc1-n1cnc(C)c1. The number of piperidine rings is 1. The molecule has 0 N–H and O–H groups in total. The van der Waals surface area contributed by atoms with Crippen LogP contribution in [-0.2, 0) is 4.84 Å². The topological polar surface area (TPSA) is 51.9 Å². The van der Waals surface area contributed by atoms with Crippen LogP contribution in [0.5, 0.6) is 5.75 Å². The van der Waals surface area contributed by atoms with Gasteiger partial charge in [0.25, 0.3) is 0 Å². The second-order valence-corrected chi connectivity index (χ2v) is 10.7. The second-order valence-electron chi connectivity index (χ2n) is 9.65. The lowest BCUT2D eigenvalue weighted by Crippen LogP contribution is -2.45. The Hall–Kier alpha value is -4.12. The van der Waals surface area contributed by atoms with E-state index in [-0.39, 0.29) is 5.56 Å². The molecule has 0 radical (unpaired) electrons. The third-order valence-electron chi connectivity index (χ3n) is 7.04. The molecular weight excluding hydrogens is 544 g/mol. The van der Waals surface area contributed by atoms with Gasteiger partial charge in [0.05, 0.1) is 29.7 Å². The van der Waals surface area contributed by atoms with Crippen LogP contribution in [0.25, 0.3) is 11.8 Å². The number of methoxy groups -OCH3 is 1. The number of oxime groups is 1. The standard InChI is InChI=1S/C29H24F4N4O2S/c1-16-14-36(15-34-16)22-6-5-17(11-23(22)38-2)10-18-4-3-9-37-27(19-12-20(30)26(33)21(31)13-19)28(39-35-29(18)37)24-7-8-25(32)40-24/h5-8,10-15,27-28H,3-4,9H2,1-2H3/t27-,28?/m0/s1. The van der Waals surface area contributed by atoms with E-state index < -0.39 is 34.7 Å². The van der Waals surface area contributed by atoms with Crippen molar-refractivity contribution < 1.29 is 27.1 Å². The van der Waals surface area contributed by atoms with Crippen molar-refractivity contribution in [1.82, 2.24) is 14.5 Å². The lowest BCUT2D eigenvalue weighted by atomic mass is 9.92. The van der Waals surface area contributed by atoms with Crippen LogP contribution >= 0.6 is 11.3 Å². The molecule has 2 aromatic carbocycles. The van der Waals surface area contributed by atoms with Crippen LogP contribution in [0.3, 0.4) is 0 Å². The summed E-state index contributed by atoms with van der Waals surface area (Å²) in [4.78, 5) is 12.6. The van der Waals surface area contributed by atoms with Gasteiger partial charge in [0, 0.05) is 12.7 Å². The number of halogens is 4. The minimum atomic E-state index is -1.55. The highest BCUT2D eigenvalue weighted by atomic mass is 32.1. The summed E-state index contributed by atoms with van der Waals surface area (Å²) in [6.07, 6.45) is 6.15. The fourth-order valence-electron chi connectivity index (χ4n) is 5.23. The molecular formula is C29H24F4N4O2S. The molecule has 6 rings (SSSR count). The maximum Gasteiger partial charge on any atom is 0.194 e. The molecule has 1 unspecified atom stereocenters. The number of nitrogens with zero attached hydrogens (tertiary/aromatic N) is 4. The number of aromatic nitrogens is 2. The van der Waals surface area contributed by atoms with Crippen molar-refractivity contribution in [3.63, 3.8) is 0 Å². The van der Waals surface area contributed by atoms with E-state index in [1.54, 1.807) is 19.5 Å². The Morgan fingerprint density at radius 3 is 2.55 bits per heavy atom. The van der Waals surface area contributed by atoms with Gasteiger partial charge in [-0.25, -0.2) is 18.2 Å². The lowest BCUT2D eigenvalue weighted by Gasteiger charge is -2.43. The van der Waals surface area contributed by atoms with Crippen LogP contribution in [0.15, 0.2) is 65.7 Å². The number of amidine groups is 1. The van der Waals surface area contributed by atoms with Gasteiger partial charge >= 0.3 is 0 Å². The van der Waals surface area contributed by atoms with E-state index in [9.17, 15) is 17.6 Å². The first kappa shape index (κ1) is 26.1. The maximum atomic E-state index is 14.4. The lowest BCUT2D eigenvalue weighted by molar-refractivity contribution is -0.0212. The van der Waals surface area contributed by atoms with Crippen LogP contribution < -0.4 is 4.74 Å². The fourth-order valence-corrected chi connectivity index (χ4v) is 6.01. The Morgan fingerprint density at radius 2 is 1.88 bits per heavy atom. The maximum absolute atomic E-state index is 14.4. The minimum absolute atomic E-state index is 0.172. The van der Waals surface area contributed by atoms with Crippen LogP contribution in [-0.4, -0.2) is 33.9 Å². The first-order valence-electron chi connectivity index (χ1n) is 12.6. The van der Waals surface area contributed by atoms with E-state index in [0.29, 0.717) is 29.4 Å². The first-order valence-corrected chi connectivity index (χ1v) is 13.4. The molecule has 11 heteroatoms. The molecule has 4 aromatic rings. The predicted molar refractivity (Wildman–Crippen MR) is 143 cm³/mol. The summed E-state index contributed by atoms with van der Waals surface area (Å²) < 4.78 is 64.0. The highest BCUT2D eigenvalue weighted by Gasteiger charge is 2.41. The monoisotopic (exact) mass is 568 g/mol. The highest BCUT2D eigenvalue weighted by Crippen LogP contribution is 2.45. The zero-order valence-corrected chi connectivity index (χ0v) is 22.4. The van der Waals surface area contributed by atoms with E-state index in [2.05, 4.69) is 10.1 Å². The highest BCUT2D eigenvalue weighted by molar-refractivity contribution is 7.10. The molecule has 206 valence electrons. The molecule has 0 spiro atoms. The van der Waals surface area contributed by atoms with Crippen molar-refractivity contribution in [2.45, 2.75) is 31.9 Å². The minimum Gasteiger partial charge on any atom is -0.495 e. The third-order valence-corrected chi connectivity index (χ3v) is 7.97. The largest absolute Gasteiger partial charge is 0.495 e. The van der Waals surface area contributed by atoms with Gasteiger partial charge in [-0.15, -0.1) is 11.3 Å². The van der Waals surface area contributed by atoms with Crippen LogP contribution in [0.2, 0.25) is 0 Å². The van der Waals surface area contributed by atoms with Crippen LogP contribution in [0.1, 0.15) is 46.7 Å². The second kappa shape index (κ2) is 10.5. The molecule has 2 aromatic heterocycles. The smallest absolute Gasteiger partial charge is 0.194 e. The van der Waals surface area contributed by atoms with Gasteiger partial charge in [-0.1, -0.05) is 11.2 Å². The predicted octanol–water partition coefficient (Wildman–Crippen LogP) is 7.11. The molecule has 4 heterocycles. The van der Waals surface area contributed by atoms with Crippen molar-refractivity contribution in [3.8, 4) is 11.4 Å². The number of imidazole rings is 1. The zero-order valence-electron chi connectivity index (χ0n) is 21.6. The van der Waals surface area contributed by atoms with Crippen molar-refractivity contribution in [3.05, 3.63) is 105 Å². The molecule has 0 aliphatic carbocycles. The molecule has 0 saturated carbocycles. The average Bonchev–Trinajstić information content (AvgIpc) is 3.58. The van der Waals surface area contributed by atoms with Crippen molar-refractivity contribution >= 4 is 23.2 Å². The van der Waals surface area contributed by atoms with Gasteiger partial charge in [-0.3, -0.25) is 0 Å². The molecule has 6 nitrogen and oxygen atoms in total. The van der Waals surface area contributed by atoms with Gasteiger partial charge in [-0.2, -0.15) is 4.39 Å². The Balaban J connectivity index is 1.40. The summed E-state index contributed by atoms with van der Waals surface area (Å²) in [6, 6.07) is 9.81. The number of aryl methyl sites for hydroxylation is 1. The molecule has 2 aliphatic rings. The summed E-state index contributed by atoms with van der Waals surface area (Å²) in [7, 11) is 1.60. The van der Waals surface area contributed by atoms with E-state index in [0.717, 1.165) is 52.4 Å². The summed E-state index contributed by atoms with van der Waals surface area (Å²) in [5.41, 5.74) is 3.59. The first-order chi connectivity index (χ1) is 19.3. The Bertz CT molecular complexity index is 1620. The van der Waals surface area contributed by atoms with Gasteiger partial charge in [0.15, 0.2) is 34.5 Å². The van der Waals surface area contributed by atoms with E-state index in [1.807, 2.05) is 46.9 Å². The van der Waals surface area contributed by atoms with E-state index in [4.69, 9.17) is 9.57 Å². The van der Waals surface area contributed by atoms with Crippen molar-refractivity contribution in [1.29, 1.82) is 0 Å². The normalized spacial score (nSPS) is 19.8. The summed E-state index contributed by atoms with van der Waals surface area (Å²) >= 11 is 0.868. The number of rotatable bonds is 5. The number of benzene rings is 2. The summed E-state index contributed by atoms with van der Waals surface area (Å²) in [5, 5.41) is 3.97. The molecule has 40 heavy (non-hydrogen) atoms. The quantitative estimate of drug-likeness (QED) is 0.190.